The number of piperazine rings is 1. The van der Waals surface area contributed by atoms with Gasteiger partial charge in [0.1, 0.15) is 0 Å². The van der Waals surface area contributed by atoms with Crippen molar-refractivity contribution in [3.63, 3.8) is 0 Å². The maximum atomic E-state index is 12.3. The van der Waals surface area contributed by atoms with Gasteiger partial charge < -0.3 is 10.2 Å². The van der Waals surface area contributed by atoms with Crippen LogP contribution in [-0.4, -0.2) is 69.5 Å². The van der Waals surface area contributed by atoms with Gasteiger partial charge in [0.25, 0.3) is 10.2 Å². The fourth-order valence-corrected chi connectivity index (χ4v) is 4.71. The molecule has 4 aliphatic rings. The lowest BCUT2D eigenvalue weighted by Crippen LogP contribution is -2.60. The lowest BCUT2D eigenvalue weighted by atomic mass is 9.85. The number of fused-ring (bicyclic) bond motifs is 3. The van der Waals surface area contributed by atoms with Crippen LogP contribution in [0.1, 0.15) is 12.8 Å². The Morgan fingerprint density at radius 2 is 1.72 bits per heavy atom. The molecule has 1 unspecified atom stereocenters. The molecule has 6 nitrogen and oxygen atoms in total. The zero-order chi connectivity index (χ0) is 12.6. The van der Waals surface area contributed by atoms with E-state index in [-0.39, 0.29) is 6.04 Å². The van der Waals surface area contributed by atoms with Gasteiger partial charge in [-0.05, 0) is 31.8 Å². The molecule has 0 aliphatic carbocycles. The summed E-state index contributed by atoms with van der Waals surface area (Å²) in [6, 6.07) is 0.118. The van der Waals surface area contributed by atoms with E-state index in [4.69, 9.17) is 0 Å². The first kappa shape index (κ1) is 12.8. The molecule has 4 heterocycles. The molecule has 4 aliphatic heterocycles. The Bertz CT molecular complexity index is 386. The number of hydrogen-bond donors (Lipinski definition) is 2. The maximum absolute atomic E-state index is 12.3. The van der Waals surface area contributed by atoms with Crippen LogP contribution >= 0.6 is 0 Å². The van der Waals surface area contributed by atoms with Gasteiger partial charge in [-0.15, -0.1) is 0 Å². The molecule has 2 bridgehead atoms. The summed E-state index contributed by atoms with van der Waals surface area (Å²) in [5, 5.41) is 3.18. The third-order valence-corrected chi connectivity index (χ3v) is 6.02. The molecule has 7 heteroatoms. The normalized spacial score (nSPS) is 37.9. The van der Waals surface area contributed by atoms with Crippen LogP contribution < -0.4 is 10.0 Å². The second-order valence-electron chi connectivity index (χ2n) is 5.52. The first-order chi connectivity index (χ1) is 8.65. The fraction of sp³-hybridized carbons (Fsp3) is 1.00. The van der Waals surface area contributed by atoms with E-state index in [1.807, 2.05) is 0 Å². The van der Waals surface area contributed by atoms with E-state index in [0.717, 1.165) is 45.6 Å². The molecule has 104 valence electrons. The largest absolute Gasteiger partial charge is 0.314 e. The summed E-state index contributed by atoms with van der Waals surface area (Å²) in [5.74, 6) is 0.535. The lowest BCUT2D eigenvalue weighted by Gasteiger charge is -2.45. The second kappa shape index (κ2) is 5.05. The van der Waals surface area contributed by atoms with Gasteiger partial charge in [0.15, 0.2) is 0 Å². The highest BCUT2D eigenvalue weighted by atomic mass is 32.2. The first-order valence-electron chi connectivity index (χ1n) is 6.86. The highest BCUT2D eigenvalue weighted by Crippen LogP contribution is 2.28. The molecular formula is C11H22N4O2S. The average molecular weight is 274 g/mol. The van der Waals surface area contributed by atoms with Gasteiger partial charge in [0, 0.05) is 38.8 Å². The van der Waals surface area contributed by atoms with E-state index in [0.29, 0.717) is 19.0 Å². The smallest absolute Gasteiger partial charge is 0.279 e. The first-order valence-corrected chi connectivity index (χ1v) is 8.30. The molecule has 4 rings (SSSR count). The Labute approximate surface area is 109 Å². The molecule has 0 spiro atoms. The van der Waals surface area contributed by atoms with Crippen molar-refractivity contribution in [3.8, 4) is 0 Å². The monoisotopic (exact) mass is 274 g/mol. The summed E-state index contributed by atoms with van der Waals surface area (Å²) in [4.78, 5) is 2.37. The Kier molecular flexibility index (Phi) is 3.59. The van der Waals surface area contributed by atoms with Gasteiger partial charge in [-0.2, -0.15) is 17.4 Å². The topological polar surface area (TPSA) is 64.7 Å². The van der Waals surface area contributed by atoms with Crippen LogP contribution in [0.4, 0.5) is 0 Å². The third kappa shape index (κ3) is 2.55. The highest BCUT2D eigenvalue weighted by Gasteiger charge is 2.37. The summed E-state index contributed by atoms with van der Waals surface area (Å²) in [6.45, 7) is 5.82. The van der Waals surface area contributed by atoms with Crippen molar-refractivity contribution in [2.45, 2.75) is 18.9 Å². The minimum atomic E-state index is -3.29. The van der Waals surface area contributed by atoms with Crippen molar-refractivity contribution in [1.29, 1.82) is 0 Å². The van der Waals surface area contributed by atoms with Gasteiger partial charge in [-0.3, -0.25) is 0 Å². The van der Waals surface area contributed by atoms with E-state index in [9.17, 15) is 8.42 Å². The van der Waals surface area contributed by atoms with Crippen LogP contribution in [-0.2, 0) is 10.2 Å². The van der Waals surface area contributed by atoms with Crippen LogP contribution in [0.3, 0.4) is 0 Å². The van der Waals surface area contributed by atoms with Crippen LogP contribution in [0.15, 0.2) is 0 Å². The van der Waals surface area contributed by atoms with E-state index in [1.54, 1.807) is 4.31 Å². The molecule has 2 N–H and O–H groups in total. The van der Waals surface area contributed by atoms with Crippen LogP contribution in [0, 0.1) is 5.92 Å². The number of nitrogens with one attached hydrogen (secondary N) is 2. The van der Waals surface area contributed by atoms with Gasteiger partial charge in [0.05, 0.1) is 0 Å². The van der Waals surface area contributed by atoms with E-state index >= 15 is 0 Å². The lowest BCUT2D eigenvalue weighted by molar-refractivity contribution is 0.0817. The van der Waals surface area contributed by atoms with Crippen LogP contribution in [0.2, 0.25) is 0 Å². The van der Waals surface area contributed by atoms with Crippen molar-refractivity contribution in [2.75, 3.05) is 45.8 Å². The Balaban J connectivity index is 1.64. The molecule has 0 saturated carbocycles. The van der Waals surface area contributed by atoms with Crippen molar-refractivity contribution in [3.05, 3.63) is 0 Å². The minimum absolute atomic E-state index is 0.118. The molecule has 4 saturated heterocycles. The van der Waals surface area contributed by atoms with Crippen molar-refractivity contribution in [1.82, 2.24) is 19.2 Å². The molecule has 0 amide bonds. The molecular weight excluding hydrogens is 252 g/mol. The van der Waals surface area contributed by atoms with Gasteiger partial charge >= 0.3 is 0 Å². The molecule has 1 atom stereocenters. The molecule has 18 heavy (non-hydrogen) atoms. The molecule has 0 aromatic carbocycles. The quantitative estimate of drug-likeness (QED) is 0.680. The average Bonchev–Trinajstić information content (AvgIpc) is 2.41. The van der Waals surface area contributed by atoms with Crippen molar-refractivity contribution >= 4 is 10.2 Å². The van der Waals surface area contributed by atoms with Crippen molar-refractivity contribution in [2.24, 2.45) is 5.92 Å². The predicted octanol–water partition coefficient (Wildman–Crippen LogP) is -1.18. The zero-order valence-electron chi connectivity index (χ0n) is 10.6. The fourth-order valence-electron chi connectivity index (χ4n) is 3.25. The molecule has 4 fully saturated rings. The summed E-state index contributed by atoms with van der Waals surface area (Å²) < 4.78 is 29.1. The van der Waals surface area contributed by atoms with Gasteiger partial charge in [0.2, 0.25) is 0 Å². The van der Waals surface area contributed by atoms with Crippen LogP contribution in [0.25, 0.3) is 0 Å². The summed E-state index contributed by atoms with van der Waals surface area (Å²) in [7, 11) is -3.29. The van der Waals surface area contributed by atoms with E-state index in [2.05, 4.69) is 14.9 Å². The van der Waals surface area contributed by atoms with E-state index in [1.165, 1.54) is 0 Å². The highest BCUT2D eigenvalue weighted by molar-refractivity contribution is 7.87. The van der Waals surface area contributed by atoms with Gasteiger partial charge in [-0.1, -0.05) is 0 Å². The molecule has 0 radical (unpaired) electrons. The Morgan fingerprint density at radius 1 is 1.06 bits per heavy atom. The summed E-state index contributed by atoms with van der Waals surface area (Å²) >= 11 is 0. The SMILES string of the molecule is O=S(=O)(NC1CN2CCC1CC2)N1CCNCC1. The maximum Gasteiger partial charge on any atom is 0.279 e. The number of nitrogens with zero attached hydrogens (tertiary/aromatic N) is 2. The zero-order valence-corrected chi connectivity index (χ0v) is 11.5. The van der Waals surface area contributed by atoms with Crippen molar-refractivity contribution < 1.29 is 8.42 Å². The van der Waals surface area contributed by atoms with E-state index < -0.39 is 10.2 Å². The molecule has 0 aromatic rings. The predicted molar refractivity (Wildman–Crippen MR) is 69.5 cm³/mol. The third-order valence-electron chi connectivity index (χ3n) is 4.37. The Hall–Kier alpha value is -0.210. The summed E-state index contributed by atoms with van der Waals surface area (Å²) in [6.07, 6.45) is 2.27. The van der Waals surface area contributed by atoms with Gasteiger partial charge in [-0.25, -0.2) is 0 Å². The molecule has 0 aromatic heterocycles. The standard InChI is InChI=1S/C11H22N4O2S/c16-18(17,15-7-3-12-4-8-15)13-11-9-14-5-1-10(11)2-6-14/h10-13H,1-9H2. The number of piperidine rings is 3. The number of rotatable bonds is 3. The minimum Gasteiger partial charge on any atom is -0.314 e. The summed E-state index contributed by atoms with van der Waals surface area (Å²) in [5.41, 5.74) is 0. The second-order valence-corrected chi connectivity index (χ2v) is 7.22. The van der Waals surface area contributed by atoms with Crippen LogP contribution in [0.5, 0.6) is 0 Å². The Morgan fingerprint density at radius 3 is 2.28 bits per heavy atom. The number of hydrogen-bond acceptors (Lipinski definition) is 4.